The van der Waals surface area contributed by atoms with Crippen molar-refractivity contribution < 1.29 is 4.79 Å². The molecule has 6 heteroatoms. The van der Waals surface area contributed by atoms with Crippen molar-refractivity contribution in [2.45, 2.75) is 31.7 Å². The summed E-state index contributed by atoms with van der Waals surface area (Å²) < 4.78 is 2.36. The molecule has 1 fully saturated rings. The van der Waals surface area contributed by atoms with Crippen LogP contribution in [-0.4, -0.2) is 33.0 Å². The molecule has 2 rings (SSSR count). The Morgan fingerprint density at radius 1 is 1.29 bits per heavy atom. The van der Waals surface area contributed by atoms with E-state index in [9.17, 15) is 14.4 Å². The number of hydrogen-bond donors (Lipinski definition) is 0. The maximum absolute atomic E-state index is 12.1. The smallest absolute Gasteiger partial charge is 0.330 e. The molecule has 0 N–H and O–H groups in total. The minimum absolute atomic E-state index is 0.113. The van der Waals surface area contributed by atoms with Crippen LogP contribution in [0.4, 0.5) is 0 Å². The average molecular weight is 291 g/mol. The summed E-state index contributed by atoms with van der Waals surface area (Å²) in [5.74, 6) is -0.113. The van der Waals surface area contributed by atoms with Crippen LogP contribution in [0.15, 0.2) is 21.9 Å². The largest absolute Gasteiger partial charge is 0.339 e. The summed E-state index contributed by atoms with van der Waals surface area (Å²) in [5.41, 5.74) is -0.454. The highest BCUT2D eigenvalue weighted by Gasteiger charge is 2.21. The van der Waals surface area contributed by atoms with Gasteiger partial charge in [-0.2, -0.15) is 0 Å². The second kappa shape index (κ2) is 6.11. The minimum atomic E-state index is -0.398. The molecule has 1 aromatic heterocycles. The van der Waals surface area contributed by atoms with Crippen molar-refractivity contribution in [3.8, 4) is 0 Å². The van der Waals surface area contributed by atoms with E-state index in [4.69, 9.17) is 0 Å². The van der Waals surface area contributed by atoms with Gasteiger partial charge in [-0.15, -0.1) is 0 Å². The molecule has 1 saturated carbocycles. The molecule has 1 aliphatic rings. The predicted molar refractivity (Wildman–Crippen MR) is 81.0 cm³/mol. The highest BCUT2D eigenvalue weighted by molar-refractivity contribution is 5.91. The third kappa shape index (κ3) is 3.15. The van der Waals surface area contributed by atoms with Gasteiger partial charge in [0.05, 0.1) is 5.56 Å². The minimum Gasteiger partial charge on any atom is -0.339 e. The van der Waals surface area contributed by atoms with Crippen molar-refractivity contribution in [2.75, 3.05) is 7.05 Å². The molecule has 21 heavy (non-hydrogen) atoms. The van der Waals surface area contributed by atoms with Gasteiger partial charge in [0.1, 0.15) is 0 Å². The van der Waals surface area contributed by atoms with Gasteiger partial charge in [-0.05, 0) is 18.9 Å². The van der Waals surface area contributed by atoms with Crippen molar-refractivity contribution in [3.05, 3.63) is 38.7 Å². The number of hydrogen-bond acceptors (Lipinski definition) is 3. The van der Waals surface area contributed by atoms with E-state index < -0.39 is 5.56 Å². The quantitative estimate of drug-likeness (QED) is 0.762. The number of nitrogens with zero attached hydrogens (tertiary/aromatic N) is 3. The topological polar surface area (TPSA) is 64.3 Å². The zero-order valence-electron chi connectivity index (χ0n) is 12.7. The van der Waals surface area contributed by atoms with Crippen LogP contribution in [0.2, 0.25) is 0 Å². The fourth-order valence-electron chi connectivity index (χ4n) is 2.70. The second-order valence-corrected chi connectivity index (χ2v) is 5.56. The number of aromatic nitrogens is 2. The van der Waals surface area contributed by atoms with E-state index >= 15 is 0 Å². The van der Waals surface area contributed by atoms with Gasteiger partial charge in [0, 0.05) is 39.5 Å². The van der Waals surface area contributed by atoms with Gasteiger partial charge in [0.25, 0.3) is 5.56 Å². The highest BCUT2D eigenvalue weighted by atomic mass is 16.2. The third-order valence-electron chi connectivity index (χ3n) is 4.10. The zero-order valence-corrected chi connectivity index (χ0v) is 12.7. The molecule has 1 aliphatic carbocycles. The molecule has 114 valence electrons. The maximum Gasteiger partial charge on any atom is 0.330 e. The van der Waals surface area contributed by atoms with Crippen LogP contribution in [0.25, 0.3) is 6.08 Å². The van der Waals surface area contributed by atoms with E-state index in [0.717, 1.165) is 30.3 Å². The third-order valence-corrected chi connectivity index (χ3v) is 4.10. The van der Waals surface area contributed by atoms with Crippen LogP contribution in [0.1, 0.15) is 31.2 Å². The Balaban J connectivity index is 2.19. The lowest BCUT2D eigenvalue weighted by Crippen LogP contribution is -2.37. The molecular weight excluding hydrogens is 270 g/mol. The zero-order chi connectivity index (χ0) is 15.6. The molecule has 1 amide bonds. The molecule has 6 nitrogen and oxygen atoms in total. The highest BCUT2D eigenvalue weighted by Crippen LogP contribution is 2.22. The summed E-state index contributed by atoms with van der Waals surface area (Å²) in [4.78, 5) is 37.4. The number of likely N-dealkylation sites (N-methyl/N-ethyl adjacent to an activating group) is 1. The Kier molecular flexibility index (Phi) is 4.45. The molecule has 1 heterocycles. The Bertz CT molecular complexity index is 678. The van der Waals surface area contributed by atoms with Crippen LogP contribution in [-0.2, 0) is 18.9 Å². The molecule has 1 aromatic rings. The molecular formula is C15H21N3O3. The summed E-state index contributed by atoms with van der Waals surface area (Å²) in [6, 6.07) is 0.296. The van der Waals surface area contributed by atoms with E-state index in [1.54, 1.807) is 19.0 Å². The predicted octanol–water partition coefficient (Wildman–Crippen LogP) is 0.498. The first-order valence-corrected chi connectivity index (χ1v) is 7.13. The van der Waals surface area contributed by atoms with Gasteiger partial charge in [0.2, 0.25) is 5.91 Å². The Labute approximate surface area is 123 Å². The van der Waals surface area contributed by atoms with Crippen LogP contribution >= 0.6 is 0 Å². The lowest BCUT2D eigenvalue weighted by molar-refractivity contribution is -0.126. The normalized spacial score (nSPS) is 15.8. The number of amides is 1. The first-order chi connectivity index (χ1) is 9.91. The Morgan fingerprint density at radius 3 is 2.52 bits per heavy atom. The van der Waals surface area contributed by atoms with E-state index in [1.165, 1.54) is 30.0 Å². The van der Waals surface area contributed by atoms with Crippen molar-refractivity contribution in [1.82, 2.24) is 14.0 Å². The number of carbonyl (C=O) groups excluding carboxylic acids is 1. The molecule has 0 aromatic carbocycles. The lowest BCUT2D eigenvalue weighted by atomic mass is 10.2. The summed E-state index contributed by atoms with van der Waals surface area (Å²) in [6.07, 6.45) is 8.73. The molecule has 0 saturated heterocycles. The molecule has 0 unspecified atom stereocenters. The van der Waals surface area contributed by atoms with Crippen molar-refractivity contribution >= 4 is 12.0 Å². The first kappa shape index (κ1) is 15.3. The van der Waals surface area contributed by atoms with Gasteiger partial charge < -0.3 is 9.47 Å². The first-order valence-electron chi connectivity index (χ1n) is 7.13. The monoisotopic (exact) mass is 291 g/mol. The molecule has 0 bridgehead atoms. The Hall–Kier alpha value is -2.11. The van der Waals surface area contributed by atoms with Gasteiger partial charge in [-0.25, -0.2) is 4.79 Å². The molecule has 0 atom stereocenters. The van der Waals surface area contributed by atoms with Crippen molar-refractivity contribution in [3.63, 3.8) is 0 Å². The molecule has 0 spiro atoms. The van der Waals surface area contributed by atoms with Crippen molar-refractivity contribution in [2.24, 2.45) is 14.1 Å². The summed E-state index contributed by atoms with van der Waals surface area (Å²) in [7, 11) is 4.79. The number of carbonyl (C=O) groups is 1. The van der Waals surface area contributed by atoms with Gasteiger partial charge in [0.15, 0.2) is 0 Å². The second-order valence-electron chi connectivity index (χ2n) is 5.56. The van der Waals surface area contributed by atoms with E-state index in [0.29, 0.717) is 11.6 Å². The van der Waals surface area contributed by atoms with Crippen molar-refractivity contribution in [1.29, 1.82) is 0 Å². The fourth-order valence-corrected chi connectivity index (χ4v) is 2.70. The van der Waals surface area contributed by atoms with Crippen LogP contribution < -0.4 is 11.2 Å². The van der Waals surface area contributed by atoms with Gasteiger partial charge >= 0.3 is 5.69 Å². The summed E-state index contributed by atoms with van der Waals surface area (Å²) in [6.45, 7) is 0. The van der Waals surface area contributed by atoms with E-state index in [-0.39, 0.29) is 11.6 Å². The molecule has 0 aliphatic heterocycles. The van der Waals surface area contributed by atoms with E-state index in [2.05, 4.69) is 0 Å². The van der Waals surface area contributed by atoms with Crippen LogP contribution in [0, 0.1) is 0 Å². The maximum atomic E-state index is 12.1. The van der Waals surface area contributed by atoms with Gasteiger partial charge in [-0.3, -0.25) is 14.2 Å². The fraction of sp³-hybridized carbons (Fsp3) is 0.533. The Morgan fingerprint density at radius 2 is 1.90 bits per heavy atom. The summed E-state index contributed by atoms with van der Waals surface area (Å²) in [5, 5.41) is 0. The average Bonchev–Trinajstić information content (AvgIpc) is 3.00. The SMILES string of the molecule is CN(C(=O)C=Cc1cn(C)c(=O)n(C)c1=O)C1CCCC1. The van der Waals surface area contributed by atoms with Crippen LogP contribution in [0.3, 0.4) is 0 Å². The van der Waals surface area contributed by atoms with Gasteiger partial charge in [-0.1, -0.05) is 12.8 Å². The molecule has 0 radical (unpaired) electrons. The number of rotatable bonds is 3. The van der Waals surface area contributed by atoms with E-state index in [1.807, 2.05) is 0 Å². The summed E-state index contributed by atoms with van der Waals surface area (Å²) >= 11 is 0. The standard InChI is InChI=1S/C15H21N3O3/c1-16-10-11(14(20)18(3)15(16)21)8-9-13(19)17(2)12-6-4-5-7-12/h8-10,12H,4-7H2,1-3H3. The number of aryl methyl sites for hydroxylation is 1. The lowest BCUT2D eigenvalue weighted by Gasteiger charge is -2.22. The van der Waals surface area contributed by atoms with Crippen LogP contribution in [0.5, 0.6) is 0 Å².